The van der Waals surface area contributed by atoms with Crippen LogP contribution in [0, 0.1) is 13.8 Å². The number of carbonyl (C=O) groups excluding carboxylic acids is 2. The van der Waals surface area contributed by atoms with Gasteiger partial charge < -0.3 is 10.6 Å². The smallest absolute Gasteiger partial charge is 0.255 e. The molecule has 164 valence electrons. The zero-order valence-electron chi connectivity index (χ0n) is 18.4. The van der Waals surface area contributed by atoms with E-state index in [1.165, 1.54) is 6.08 Å². The SMILES string of the molecule is Cc1nn(-c2ccccc2)c(C)c1NC(=O)c1cccc(NC(=O)/C=C/c2ccccc2)c1. The van der Waals surface area contributed by atoms with Gasteiger partial charge in [-0.1, -0.05) is 54.6 Å². The standard InChI is InChI=1S/C27H24N4O2/c1-19-26(20(2)31(30-19)24-14-7-4-8-15-24)29-27(33)22-12-9-13-23(18-22)28-25(32)17-16-21-10-5-3-6-11-21/h3-18H,1-2H3,(H,28,32)(H,29,33)/b17-16+. The molecular formula is C27H24N4O2. The van der Waals surface area contributed by atoms with Crippen molar-refractivity contribution in [3.05, 3.63) is 114 Å². The number of nitrogens with one attached hydrogen (secondary N) is 2. The number of carbonyl (C=O) groups is 2. The average molecular weight is 437 g/mol. The lowest BCUT2D eigenvalue weighted by Gasteiger charge is -2.09. The van der Waals surface area contributed by atoms with Gasteiger partial charge in [0.15, 0.2) is 0 Å². The molecule has 2 amide bonds. The largest absolute Gasteiger partial charge is 0.322 e. The van der Waals surface area contributed by atoms with E-state index in [2.05, 4.69) is 15.7 Å². The van der Waals surface area contributed by atoms with Crippen LogP contribution in [0.4, 0.5) is 11.4 Å². The van der Waals surface area contributed by atoms with Gasteiger partial charge in [0, 0.05) is 17.3 Å². The van der Waals surface area contributed by atoms with E-state index < -0.39 is 0 Å². The molecule has 6 heteroatoms. The third-order valence-corrected chi connectivity index (χ3v) is 5.15. The van der Waals surface area contributed by atoms with E-state index in [0.717, 1.165) is 22.6 Å². The highest BCUT2D eigenvalue weighted by Crippen LogP contribution is 2.24. The summed E-state index contributed by atoms with van der Waals surface area (Å²) in [5.74, 6) is -0.544. The van der Waals surface area contributed by atoms with Crippen LogP contribution in [0.25, 0.3) is 11.8 Å². The first-order valence-corrected chi connectivity index (χ1v) is 10.6. The highest BCUT2D eigenvalue weighted by atomic mass is 16.2. The lowest BCUT2D eigenvalue weighted by Crippen LogP contribution is -2.14. The van der Waals surface area contributed by atoms with Gasteiger partial charge in [-0.2, -0.15) is 5.10 Å². The molecule has 0 unspecified atom stereocenters. The van der Waals surface area contributed by atoms with Gasteiger partial charge in [-0.05, 0) is 55.8 Å². The maximum atomic E-state index is 12.9. The van der Waals surface area contributed by atoms with Crippen molar-refractivity contribution in [2.75, 3.05) is 10.6 Å². The van der Waals surface area contributed by atoms with Gasteiger partial charge in [-0.3, -0.25) is 9.59 Å². The first kappa shape index (κ1) is 21.8. The quantitative estimate of drug-likeness (QED) is 0.398. The number of hydrogen-bond acceptors (Lipinski definition) is 3. The summed E-state index contributed by atoms with van der Waals surface area (Å²) in [4.78, 5) is 25.2. The van der Waals surface area contributed by atoms with Crippen LogP contribution in [-0.4, -0.2) is 21.6 Å². The zero-order chi connectivity index (χ0) is 23.2. The molecule has 2 N–H and O–H groups in total. The van der Waals surface area contributed by atoms with Crippen LogP contribution in [0.3, 0.4) is 0 Å². The van der Waals surface area contributed by atoms with E-state index in [-0.39, 0.29) is 11.8 Å². The normalized spacial score (nSPS) is 10.8. The zero-order valence-corrected chi connectivity index (χ0v) is 18.4. The molecule has 3 aromatic carbocycles. The Morgan fingerprint density at radius 3 is 2.27 bits per heavy atom. The van der Waals surface area contributed by atoms with Crippen molar-refractivity contribution in [2.45, 2.75) is 13.8 Å². The summed E-state index contributed by atoms with van der Waals surface area (Å²) < 4.78 is 1.81. The maximum Gasteiger partial charge on any atom is 0.255 e. The molecule has 0 aliphatic heterocycles. The molecule has 4 aromatic rings. The van der Waals surface area contributed by atoms with Gasteiger partial charge in [-0.25, -0.2) is 4.68 Å². The third kappa shape index (κ3) is 5.25. The summed E-state index contributed by atoms with van der Waals surface area (Å²) in [5.41, 5.74) is 5.06. The number of para-hydroxylation sites is 1. The van der Waals surface area contributed by atoms with E-state index in [1.807, 2.05) is 74.5 Å². The van der Waals surface area contributed by atoms with Crippen molar-refractivity contribution in [3.63, 3.8) is 0 Å². The Labute approximate surface area is 192 Å². The van der Waals surface area contributed by atoms with Crippen molar-refractivity contribution in [3.8, 4) is 5.69 Å². The van der Waals surface area contributed by atoms with E-state index in [9.17, 15) is 9.59 Å². The summed E-state index contributed by atoms with van der Waals surface area (Å²) in [6, 6.07) is 26.2. The van der Waals surface area contributed by atoms with Gasteiger partial charge in [0.1, 0.15) is 0 Å². The second-order valence-corrected chi connectivity index (χ2v) is 7.56. The van der Waals surface area contributed by atoms with E-state index in [1.54, 1.807) is 35.0 Å². The second kappa shape index (κ2) is 9.78. The van der Waals surface area contributed by atoms with Crippen LogP contribution in [0.2, 0.25) is 0 Å². The van der Waals surface area contributed by atoms with Crippen LogP contribution in [-0.2, 0) is 4.79 Å². The molecule has 1 heterocycles. The second-order valence-electron chi connectivity index (χ2n) is 7.56. The number of amides is 2. The number of nitrogens with zero attached hydrogens (tertiary/aromatic N) is 2. The van der Waals surface area contributed by atoms with Crippen LogP contribution in [0.5, 0.6) is 0 Å². The fourth-order valence-electron chi connectivity index (χ4n) is 3.49. The molecule has 0 atom stereocenters. The highest BCUT2D eigenvalue weighted by Gasteiger charge is 2.16. The number of aromatic nitrogens is 2. The summed E-state index contributed by atoms with van der Waals surface area (Å²) in [7, 11) is 0. The Hall–Kier alpha value is -4.45. The monoisotopic (exact) mass is 436 g/mol. The minimum absolute atomic E-state index is 0.271. The predicted octanol–water partition coefficient (Wildman–Crippen LogP) is 5.39. The Kier molecular flexibility index (Phi) is 6.45. The molecule has 33 heavy (non-hydrogen) atoms. The fraction of sp³-hybridized carbons (Fsp3) is 0.0741. The first-order valence-electron chi connectivity index (χ1n) is 10.6. The predicted molar refractivity (Wildman–Crippen MR) is 132 cm³/mol. The molecule has 0 fully saturated rings. The van der Waals surface area contributed by atoms with Gasteiger partial charge in [0.2, 0.25) is 5.91 Å². The lowest BCUT2D eigenvalue weighted by molar-refractivity contribution is -0.111. The molecule has 0 saturated heterocycles. The Bertz CT molecular complexity index is 1310. The molecule has 0 aliphatic rings. The molecule has 0 bridgehead atoms. The molecule has 0 spiro atoms. The highest BCUT2D eigenvalue weighted by molar-refractivity contribution is 6.07. The Morgan fingerprint density at radius 2 is 1.55 bits per heavy atom. The van der Waals surface area contributed by atoms with Crippen LogP contribution < -0.4 is 10.6 Å². The number of rotatable bonds is 6. The Balaban J connectivity index is 1.47. The summed E-state index contributed by atoms with van der Waals surface area (Å²) in [5, 5.41) is 10.3. The van der Waals surface area contributed by atoms with Crippen molar-refractivity contribution in [2.24, 2.45) is 0 Å². The van der Waals surface area contributed by atoms with Crippen LogP contribution in [0.1, 0.15) is 27.3 Å². The molecule has 1 aromatic heterocycles. The average Bonchev–Trinajstić information content (AvgIpc) is 3.12. The molecule has 6 nitrogen and oxygen atoms in total. The number of benzene rings is 3. The number of anilines is 2. The molecule has 0 radical (unpaired) electrons. The Morgan fingerprint density at radius 1 is 0.848 bits per heavy atom. The van der Waals surface area contributed by atoms with E-state index in [0.29, 0.717) is 16.9 Å². The topological polar surface area (TPSA) is 76.0 Å². The number of hydrogen-bond donors (Lipinski definition) is 2. The number of aryl methyl sites for hydroxylation is 1. The summed E-state index contributed by atoms with van der Waals surface area (Å²) >= 11 is 0. The maximum absolute atomic E-state index is 12.9. The molecular weight excluding hydrogens is 412 g/mol. The van der Waals surface area contributed by atoms with Crippen LogP contribution in [0.15, 0.2) is 91.0 Å². The molecule has 4 rings (SSSR count). The van der Waals surface area contributed by atoms with E-state index >= 15 is 0 Å². The van der Waals surface area contributed by atoms with E-state index in [4.69, 9.17) is 0 Å². The minimum atomic E-state index is -0.273. The van der Waals surface area contributed by atoms with Crippen molar-refractivity contribution < 1.29 is 9.59 Å². The lowest BCUT2D eigenvalue weighted by atomic mass is 10.1. The first-order chi connectivity index (χ1) is 16.0. The van der Waals surface area contributed by atoms with Gasteiger partial charge >= 0.3 is 0 Å². The molecule has 0 saturated carbocycles. The molecule has 0 aliphatic carbocycles. The van der Waals surface area contributed by atoms with Gasteiger partial charge in [0.05, 0.1) is 22.8 Å². The van der Waals surface area contributed by atoms with Gasteiger partial charge in [0.25, 0.3) is 5.91 Å². The van der Waals surface area contributed by atoms with Crippen molar-refractivity contribution in [1.29, 1.82) is 0 Å². The van der Waals surface area contributed by atoms with Gasteiger partial charge in [-0.15, -0.1) is 0 Å². The summed E-state index contributed by atoms with van der Waals surface area (Å²) in [6.07, 6.45) is 3.20. The van der Waals surface area contributed by atoms with Crippen LogP contribution >= 0.6 is 0 Å². The summed E-state index contributed by atoms with van der Waals surface area (Å²) in [6.45, 7) is 3.77. The minimum Gasteiger partial charge on any atom is -0.322 e. The van der Waals surface area contributed by atoms with Crippen molar-refractivity contribution in [1.82, 2.24) is 9.78 Å². The van der Waals surface area contributed by atoms with Crippen molar-refractivity contribution >= 4 is 29.3 Å². The third-order valence-electron chi connectivity index (χ3n) is 5.15. The fourth-order valence-corrected chi connectivity index (χ4v) is 3.49.